The molecule has 3 aromatic rings. The normalized spacial score (nSPS) is 35.3. The number of fused-ring (bicyclic) bond motifs is 12. The van der Waals surface area contributed by atoms with E-state index in [9.17, 15) is 0 Å². The van der Waals surface area contributed by atoms with E-state index in [-0.39, 0.29) is 18.1 Å². The van der Waals surface area contributed by atoms with Crippen LogP contribution in [-0.2, 0) is 4.74 Å². The van der Waals surface area contributed by atoms with Gasteiger partial charge in [0.2, 0.25) is 0 Å². The molecule has 3 heterocycles. The van der Waals surface area contributed by atoms with Gasteiger partial charge < -0.3 is 14.4 Å². The molecule has 10 rings (SSSR count). The van der Waals surface area contributed by atoms with E-state index in [1.165, 1.54) is 58.7 Å². The van der Waals surface area contributed by atoms with Crippen molar-refractivity contribution in [3.8, 4) is 5.75 Å². The number of para-hydroxylation sites is 2. The lowest BCUT2D eigenvalue weighted by molar-refractivity contribution is 0.0685. The fourth-order valence-electron chi connectivity index (χ4n) is 9.47. The Balaban J connectivity index is 0.981. The fraction of sp³-hybridized carbons (Fsp3) is 0.300. The SMILES string of the molecule is C1=CC2c3ccccc3OC2C(c2ccc(N3c4ccccc4C4C5C=CC6C7CCCC=C7OC6C5C=CC43)cc2)=C1. The molecular formula is C40H35NO2. The van der Waals surface area contributed by atoms with E-state index in [4.69, 9.17) is 9.47 Å². The molecule has 9 unspecified atom stereocenters. The van der Waals surface area contributed by atoms with Gasteiger partial charge in [-0.25, -0.2) is 0 Å². The zero-order valence-corrected chi connectivity index (χ0v) is 24.1. The Kier molecular flexibility index (Phi) is 5.14. The number of anilines is 2. The predicted molar refractivity (Wildman–Crippen MR) is 171 cm³/mol. The summed E-state index contributed by atoms with van der Waals surface area (Å²) in [6.45, 7) is 0. The first-order chi connectivity index (χ1) is 21.3. The van der Waals surface area contributed by atoms with Gasteiger partial charge in [-0.05, 0) is 66.6 Å². The van der Waals surface area contributed by atoms with Gasteiger partial charge in [-0.2, -0.15) is 0 Å². The van der Waals surface area contributed by atoms with Gasteiger partial charge in [0.05, 0.1) is 11.8 Å². The molecule has 0 spiro atoms. The molecule has 0 aromatic heterocycles. The smallest absolute Gasteiger partial charge is 0.135 e. The number of nitrogens with zero attached hydrogens (tertiary/aromatic N) is 1. The standard InChI is InChI=1S/C40H35NO2/c1-4-13-34-33(10-1)38-29-20-21-31-28-9-3-6-15-37(28)43-40(31)32(29)22-23-35(38)41(34)25-18-16-24(17-19-25)26-11-7-12-30-27-8-2-5-14-36(27)42-39(26)30/h1-2,4-5,7-8,10-23,28-32,35,38-40H,3,6,9H2. The van der Waals surface area contributed by atoms with Crippen molar-refractivity contribution in [1.82, 2.24) is 0 Å². The largest absolute Gasteiger partial charge is 0.494 e. The van der Waals surface area contributed by atoms with Crippen molar-refractivity contribution in [1.29, 1.82) is 0 Å². The van der Waals surface area contributed by atoms with E-state index in [0.29, 0.717) is 35.6 Å². The van der Waals surface area contributed by atoms with E-state index in [1.54, 1.807) is 0 Å². The van der Waals surface area contributed by atoms with E-state index < -0.39 is 0 Å². The van der Waals surface area contributed by atoms with Crippen molar-refractivity contribution in [3.05, 3.63) is 144 Å². The quantitative estimate of drug-likeness (QED) is 0.292. The van der Waals surface area contributed by atoms with Gasteiger partial charge >= 0.3 is 0 Å². The molecule has 3 heteroatoms. The Morgan fingerprint density at radius 3 is 2.47 bits per heavy atom. The first kappa shape index (κ1) is 24.2. The molecule has 9 atom stereocenters. The Labute approximate surface area is 253 Å². The predicted octanol–water partition coefficient (Wildman–Crippen LogP) is 8.86. The molecule has 3 aliphatic heterocycles. The minimum atomic E-state index is 0.0302. The summed E-state index contributed by atoms with van der Waals surface area (Å²) in [4.78, 5) is 2.58. The van der Waals surface area contributed by atoms with Gasteiger partial charge in [0.1, 0.15) is 18.0 Å². The van der Waals surface area contributed by atoms with Crippen LogP contribution in [0.5, 0.6) is 5.75 Å². The minimum absolute atomic E-state index is 0.0302. The highest BCUT2D eigenvalue weighted by Crippen LogP contribution is 2.58. The number of rotatable bonds is 2. The van der Waals surface area contributed by atoms with E-state index in [0.717, 1.165) is 5.75 Å². The topological polar surface area (TPSA) is 21.7 Å². The molecule has 212 valence electrons. The minimum Gasteiger partial charge on any atom is -0.494 e. The number of allylic oxidation sites excluding steroid dienone is 5. The van der Waals surface area contributed by atoms with Gasteiger partial charge in [-0.3, -0.25) is 0 Å². The lowest BCUT2D eigenvalue weighted by Crippen LogP contribution is -2.43. The first-order valence-corrected chi connectivity index (χ1v) is 16.2. The highest BCUT2D eigenvalue weighted by molar-refractivity contribution is 5.79. The molecule has 1 fully saturated rings. The van der Waals surface area contributed by atoms with Gasteiger partial charge in [0.25, 0.3) is 0 Å². The van der Waals surface area contributed by atoms with Crippen molar-refractivity contribution in [2.75, 3.05) is 4.90 Å². The van der Waals surface area contributed by atoms with Gasteiger partial charge in [-0.1, -0.05) is 91.1 Å². The van der Waals surface area contributed by atoms with Gasteiger partial charge in [0.15, 0.2) is 0 Å². The van der Waals surface area contributed by atoms with E-state index in [1.807, 2.05) is 0 Å². The van der Waals surface area contributed by atoms with Crippen LogP contribution in [0.4, 0.5) is 11.4 Å². The average Bonchev–Trinajstić information content (AvgIpc) is 3.74. The van der Waals surface area contributed by atoms with Crippen LogP contribution >= 0.6 is 0 Å². The maximum absolute atomic E-state index is 6.73. The number of benzene rings is 3. The number of ether oxygens (including phenoxy) is 2. The van der Waals surface area contributed by atoms with Crippen molar-refractivity contribution in [2.45, 2.75) is 49.3 Å². The molecule has 4 aliphatic carbocycles. The molecule has 0 radical (unpaired) electrons. The highest BCUT2D eigenvalue weighted by atomic mass is 16.5. The average molecular weight is 562 g/mol. The molecule has 1 saturated heterocycles. The van der Waals surface area contributed by atoms with Crippen LogP contribution in [0.2, 0.25) is 0 Å². The molecule has 43 heavy (non-hydrogen) atoms. The van der Waals surface area contributed by atoms with Gasteiger partial charge in [0, 0.05) is 52.1 Å². The Bertz CT molecular complexity index is 1780. The van der Waals surface area contributed by atoms with Crippen molar-refractivity contribution in [3.63, 3.8) is 0 Å². The second-order valence-electron chi connectivity index (χ2n) is 13.3. The number of hydrogen-bond donors (Lipinski definition) is 0. The molecule has 0 amide bonds. The summed E-state index contributed by atoms with van der Waals surface area (Å²) in [5.74, 6) is 4.95. The third-order valence-electron chi connectivity index (χ3n) is 11.3. The van der Waals surface area contributed by atoms with Crippen molar-refractivity contribution >= 4 is 16.9 Å². The monoisotopic (exact) mass is 561 g/mol. The van der Waals surface area contributed by atoms with Gasteiger partial charge in [-0.15, -0.1) is 0 Å². The van der Waals surface area contributed by atoms with Crippen LogP contribution in [0.25, 0.3) is 5.57 Å². The maximum Gasteiger partial charge on any atom is 0.135 e. The summed E-state index contributed by atoms with van der Waals surface area (Å²) in [7, 11) is 0. The maximum atomic E-state index is 6.73. The summed E-state index contributed by atoms with van der Waals surface area (Å²) in [5.41, 5.74) is 7.82. The fourth-order valence-corrected chi connectivity index (χ4v) is 9.47. The molecular weight excluding hydrogens is 526 g/mol. The zero-order valence-electron chi connectivity index (χ0n) is 24.1. The van der Waals surface area contributed by atoms with Crippen LogP contribution in [0.1, 0.15) is 47.8 Å². The second-order valence-corrected chi connectivity index (χ2v) is 13.3. The molecule has 7 aliphatic rings. The lowest BCUT2D eigenvalue weighted by Gasteiger charge is -2.43. The molecule has 0 saturated carbocycles. The van der Waals surface area contributed by atoms with Crippen LogP contribution in [0.3, 0.4) is 0 Å². The Morgan fingerprint density at radius 1 is 0.721 bits per heavy atom. The van der Waals surface area contributed by atoms with E-state index >= 15 is 0 Å². The first-order valence-electron chi connectivity index (χ1n) is 16.2. The summed E-state index contributed by atoms with van der Waals surface area (Å²) < 4.78 is 13.2. The van der Waals surface area contributed by atoms with E-state index in [2.05, 4.69) is 126 Å². The molecule has 0 bridgehead atoms. The van der Waals surface area contributed by atoms with Crippen LogP contribution in [0.15, 0.2) is 127 Å². The van der Waals surface area contributed by atoms with Crippen LogP contribution in [-0.4, -0.2) is 18.2 Å². The third-order valence-corrected chi connectivity index (χ3v) is 11.3. The zero-order chi connectivity index (χ0) is 28.1. The summed E-state index contributed by atoms with van der Waals surface area (Å²) in [6.07, 6.45) is 23.2. The van der Waals surface area contributed by atoms with Crippen molar-refractivity contribution < 1.29 is 9.47 Å². The number of hydrogen-bond acceptors (Lipinski definition) is 3. The second kappa shape index (κ2) is 9.13. The Morgan fingerprint density at radius 2 is 1.53 bits per heavy atom. The summed E-state index contributed by atoms with van der Waals surface area (Å²) >= 11 is 0. The molecule has 0 N–H and O–H groups in total. The Hall–Kier alpha value is -4.24. The highest BCUT2D eigenvalue weighted by Gasteiger charge is 2.54. The molecule has 3 nitrogen and oxygen atoms in total. The molecule has 3 aromatic carbocycles. The van der Waals surface area contributed by atoms with Crippen LogP contribution in [0, 0.1) is 23.7 Å². The summed E-state index contributed by atoms with van der Waals surface area (Å²) in [5, 5.41) is 0. The van der Waals surface area contributed by atoms with Crippen LogP contribution < -0.4 is 9.64 Å². The lowest BCUT2D eigenvalue weighted by atomic mass is 9.63. The summed E-state index contributed by atoms with van der Waals surface area (Å²) in [6, 6.07) is 27.1. The third kappa shape index (κ3) is 3.42. The van der Waals surface area contributed by atoms with Crippen molar-refractivity contribution in [2.24, 2.45) is 23.7 Å².